The number of aliphatic hydroxyl groups is 1. The molecule has 96 valence electrons. The van der Waals surface area contributed by atoms with Crippen molar-refractivity contribution in [3.8, 4) is 0 Å². The van der Waals surface area contributed by atoms with Crippen LogP contribution in [0.1, 0.15) is 32.3 Å². The van der Waals surface area contributed by atoms with Crippen molar-refractivity contribution in [1.82, 2.24) is 0 Å². The molecule has 1 aromatic rings. The summed E-state index contributed by atoms with van der Waals surface area (Å²) in [6.07, 6.45) is 1.65. The Morgan fingerprint density at radius 1 is 1.18 bits per heavy atom. The summed E-state index contributed by atoms with van der Waals surface area (Å²) in [5, 5.41) is 8.87. The van der Waals surface area contributed by atoms with Crippen LogP contribution < -0.4 is 4.90 Å². The zero-order chi connectivity index (χ0) is 13.0. The van der Waals surface area contributed by atoms with Crippen molar-refractivity contribution in [1.29, 1.82) is 0 Å². The van der Waals surface area contributed by atoms with Crippen LogP contribution in [0, 0.1) is 11.6 Å². The van der Waals surface area contributed by atoms with Crippen LogP contribution in [-0.2, 0) is 6.61 Å². The van der Waals surface area contributed by atoms with Crippen molar-refractivity contribution in [2.75, 3.05) is 11.9 Å². The van der Waals surface area contributed by atoms with Gasteiger partial charge in [0.25, 0.3) is 0 Å². The fraction of sp³-hybridized carbons (Fsp3) is 0.538. The molecule has 1 rings (SSSR count). The first-order chi connectivity index (χ1) is 8.04. The topological polar surface area (TPSA) is 23.5 Å². The first-order valence-electron chi connectivity index (χ1n) is 5.86. The molecule has 0 radical (unpaired) electrons. The molecule has 0 amide bonds. The molecule has 0 aliphatic heterocycles. The number of rotatable bonds is 5. The molecule has 0 aromatic heterocycles. The lowest BCUT2D eigenvalue weighted by Crippen LogP contribution is -2.32. The normalized spacial score (nSPS) is 11.0. The molecular weight excluding hydrogens is 224 g/mol. The van der Waals surface area contributed by atoms with Gasteiger partial charge < -0.3 is 10.0 Å². The number of hydrogen-bond donors (Lipinski definition) is 1. The third-order valence-electron chi connectivity index (χ3n) is 3.10. The van der Waals surface area contributed by atoms with Gasteiger partial charge in [-0.1, -0.05) is 13.8 Å². The second-order valence-corrected chi connectivity index (χ2v) is 4.15. The SMILES string of the molecule is CCC(CC)N(C)c1c(F)cc(CO)cc1F. The van der Waals surface area contributed by atoms with Gasteiger partial charge >= 0.3 is 0 Å². The average molecular weight is 243 g/mol. The van der Waals surface area contributed by atoms with E-state index >= 15 is 0 Å². The Labute approximate surface area is 101 Å². The Bertz CT molecular complexity index is 355. The maximum absolute atomic E-state index is 13.8. The minimum atomic E-state index is -0.622. The van der Waals surface area contributed by atoms with E-state index in [1.165, 1.54) is 12.1 Å². The highest BCUT2D eigenvalue weighted by atomic mass is 19.1. The van der Waals surface area contributed by atoms with Crippen LogP contribution in [0.5, 0.6) is 0 Å². The van der Waals surface area contributed by atoms with E-state index in [4.69, 9.17) is 5.11 Å². The summed E-state index contributed by atoms with van der Waals surface area (Å²) in [4.78, 5) is 1.63. The summed E-state index contributed by atoms with van der Waals surface area (Å²) in [6.45, 7) is 3.62. The Morgan fingerprint density at radius 3 is 2.00 bits per heavy atom. The predicted molar refractivity (Wildman–Crippen MR) is 65.1 cm³/mol. The molecule has 0 unspecified atom stereocenters. The van der Waals surface area contributed by atoms with Gasteiger partial charge in [0, 0.05) is 13.1 Å². The van der Waals surface area contributed by atoms with Crippen molar-refractivity contribution in [3.63, 3.8) is 0 Å². The van der Waals surface area contributed by atoms with E-state index in [-0.39, 0.29) is 23.9 Å². The Kier molecular flexibility index (Phi) is 4.87. The van der Waals surface area contributed by atoms with Gasteiger partial charge in [-0.15, -0.1) is 0 Å². The maximum Gasteiger partial charge on any atom is 0.149 e. The van der Waals surface area contributed by atoms with Gasteiger partial charge in [-0.3, -0.25) is 0 Å². The Hall–Kier alpha value is -1.16. The minimum absolute atomic E-state index is 0.0177. The maximum atomic E-state index is 13.8. The first kappa shape index (κ1) is 13.9. The van der Waals surface area contributed by atoms with Crippen molar-refractivity contribution in [2.45, 2.75) is 39.3 Å². The van der Waals surface area contributed by atoms with Gasteiger partial charge in [0.05, 0.1) is 6.61 Å². The van der Waals surface area contributed by atoms with Crippen molar-refractivity contribution in [2.24, 2.45) is 0 Å². The highest BCUT2D eigenvalue weighted by molar-refractivity contribution is 5.50. The van der Waals surface area contributed by atoms with Crippen molar-refractivity contribution >= 4 is 5.69 Å². The second kappa shape index (κ2) is 5.96. The highest BCUT2D eigenvalue weighted by Crippen LogP contribution is 2.27. The van der Waals surface area contributed by atoms with Gasteiger partial charge in [0.1, 0.15) is 17.3 Å². The fourth-order valence-corrected chi connectivity index (χ4v) is 2.07. The molecule has 2 nitrogen and oxygen atoms in total. The number of halogens is 2. The second-order valence-electron chi connectivity index (χ2n) is 4.15. The standard InChI is InChI=1S/C13H19F2NO/c1-4-10(5-2)16(3)13-11(14)6-9(8-17)7-12(13)15/h6-7,10,17H,4-5,8H2,1-3H3. The van der Waals surface area contributed by atoms with E-state index in [2.05, 4.69) is 0 Å². The lowest BCUT2D eigenvalue weighted by Gasteiger charge is -2.29. The van der Waals surface area contributed by atoms with Crippen LogP contribution in [0.15, 0.2) is 12.1 Å². The van der Waals surface area contributed by atoms with Crippen LogP contribution in [0.4, 0.5) is 14.5 Å². The first-order valence-corrected chi connectivity index (χ1v) is 5.86. The number of aliphatic hydroxyl groups excluding tert-OH is 1. The molecule has 1 aromatic carbocycles. The molecular formula is C13H19F2NO. The van der Waals surface area contributed by atoms with Crippen molar-refractivity contribution < 1.29 is 13.9 Å². The molecule has 1 N–H and O–H groups in total. The smallest absolute Gasteiger partial charge is 0.149 e. The molecule has 4 heteroatoms. The van der Waals surface area contributed by atoms with Gasteiger partial charge in [-0.05, 0) is 30.5 Å². The molecule has 0 saturated carbocycles. The summed E-state index contributed by atoms with van der Waals surface area (Å²) in [7, 11) is 1.69. The summed E-state index contributed by atoms with van der Waals surface area (Å²) in [5.74, 6) is -1.24. The lowest BCUT2D eigenvalue weighted by atomic mass is 10.1. The van der Waals surface area contributed by atoms with Crippen LogP contribution in [0.25, 0.3) is 0 Å². The fourth-order valence-electron chi connectivity index (χ4n) is 2.07. The largest absolute Gasteiger partial charge is 0.392 e. The molecule has 0 aliphatic rings. The van der Waals surface area contributed by atoms with E-state index in [1.54, 1.807) is 11.9 Å². The van der Waals surface area contributed by atoms with Gasteiger partial charge in [-0.2, -0.15) is 0 Å². The zero-order valence-corrected chi connectivity index (χ0v) is 10.5. The van der Waals surface area contributed by atoms with Crippen LogP contribution in [0.3, 0.4) is 0 Å². The van der Waals surface area contributed by atoms with E-state index in [0.29, 0.717) is 0 Å². The summed E-state index contributed by atoms with van der Waals surface area (Å²) >= 11 is 0. The number of anilines is 1. The third-order valence-corrected chi connectivity index (χ3v) is 3.10. The molecule has 0 atom stereocenters. The predicted octanol–water partition coefficient (Wildman–Crippen LogP) is 3.08. The average Bonchev–Trinajstić information content (AvgIpc) is 2.29. The molecule has 0 saturated heterocycles. The number of benzene rings is 1. The third kappa shape index (κ3) is 2.94. The van der Waals surface area contributed by atoms with Crippen molar-refractivity contribution in [3.05, 3.63) is 29.3 Å². The summed E-state index contributed by atoms with van der Waals surface area (Å²) < 4.78 is 27.6. The van der Waals surface area contributed by atoms with E-state index in [1.807, 2.05) is 13.8 Å². The van der Waals surface area contributed by atoms with E-state index in [0.717, 1.165) is 12.8 Å². The molecule has 17 heavy (non-hydrogen) atoms. The number of nitrogens with zero attached hydrogens (tertiary/aromatic N) is 1. The monoisotopic (exact) mass is 243 g/mol. The highest BCUT2D eigenvalue weighted by Gasteiger charge is 2.19. The minimum Gasteiger partial charge on any atom is -0.392 e. The van der Waals surface area contributed by atoms with E-state index in [9.17, 15) is 8.78 Å². The molecule has 0 fully saturated rings. The van der Waals surface area contributed by atoms with Gasteiger partial charge in [0.2, 0.25) is 0 Å². The lowest BCUT2D eigenvalue weighted by molar-refractivity contribution is 0.280. The molecule has 0 heterocycles. The van der Waals surface area contributed by atoms with Gasteiger partial charge in [0.15, 0.2) is 0 Å². The number of hydrogen-bond acceptors (Lipinski definition) is 2. The van der Waals surface area contributed by atoms with Gasteiger partial charge in [-0.25, -0.2) is 8.78 Å². The Morgan fingerprint density at radius 2 is 1.65 bits per heavy atom. The quantitative estimate of drug-likeness (QED) is 0.859. The summed E-state index contributed by atoms with van der Waals surface area (Å²) in [5.41, 5.74) is 0.234. The molecule has 0 aliphatic carbocycles. The van der Waals surface area contributed by atoms with Crippen LogP contribution in [0.2, 0.25) is 0 Å². The molecule has 0 spiro atoms. The summed E-state index contributed by atoms with van der Waals surface area (Å²) in [6, 6.07) is 2.47. The molecule has 0 bridgehead atoms. The van der Waals surface area contributed by atoms with Crippen LogP contribution in [-0.4, -0.2) is 18.2 Å². The van der Waals surface area contributed by atoms with E-state index < -0.39 is 11.6 Å². The Balaban J connectivity index is 3.13. The zero-order valence-electron chi connectivity index (χ0n) is 10.5. The van der Waals surface area contributed by atoms with Crippen LogP contribution >= 0.6 is 0 Å².